The largest absolute Gasteiger partial charge is 0.418 e. The number of benzene rings is 1. The topological polar surface area (TPSA) is 60.5 Å². The van der Waals surface area contributed by atoms with E-state index in [1.807, 2.05) is 0 Å². The minimum atomic E-state index is -4.59. The van der Waals surface area contributed by atoms with Crippen LogP contribution in [0.1, 0.15) is 46.4 Å². The van der Waals surface area contributed by atoms with Crippen LogP contribution in [0.4, 0.5) is 23.2 Å². The predicted molar refractivity (Wildman–Crippen MR) is 134 cm³/mol. The molecule has 0 bridgehead atoms. The lowest BCUT2D eigenvalue weighted by molar-refractivity contribution is -0.137. The molecular formula is C27H29F4N5O. The lowest BCUT2D eigenvalue weighted by Gasteiger charge is -2.38. The Labute approximate surface area is 213 Å². The van der Waals surface area contributed by atoms with Crippen molar-refractivity contribution in [2.24, 2.45) is 5.92 Å². The second-order valence-electron chi connectivity index (χ2n) is 9.80. The summed E-state index contributed by atoms with van der Waals surface area (Å²) in [7, 11) is 1.36. The number of halogens is 4. The Kier molecular flexibility index (Phi) is 6.70. The van der Waals surface area contributed by atoms with E-state index >= 15 is 0 Å². The molecule has 196 valence electrons. The number of aromatic nitrogens is 1. The zero-order valence-electron chi connectivity index (χ0n) is 20.5. The molecule has 1 unspecified atom stereocenters. The highest BCUT2D eigenvalue weighted by atomic mass is 19.4. The molecule has 4 heterocycles. The molecule has 0 spiro atoms. The van der Waals surface area contributed by atoms with Crippen molar-refractivity contribution in [2.45, 2.75) is 31.5 Å². The highest BCUT2D eigenvalue weighted by molar-refractivity contribution is 5.92. The predicted octanol–water partition coefficient (Wildman–Crippen LogP) is 4.50. The van der Waals surface area contributed by atoms with E-state index < -0.39 is 17.6 Å². The molecule has 2 N–H and O–H groups in total. The Balaban J connectivity index is 1.24. The zero-order valence-corrected chi connectivity index (χ0v) is 20.5. The number of nitrogens with one attached hydrogen (secondary N) is 2. The average molecular weight is 516 g/mol. The molecule has 0 aliphatic carbocycles. The van der Waals surface area contributed by atoms with Crippen LogP contribution in [0.25, 0.3) is 11.8 Å². The Bertz CT molecular complexity index is 1250. The second-order valence-corrected chi connectivity index (χ2v) is 9.80. The molecule has 0 saturated carbocycles. The first-order valence-electron chi connectivity index (χ1n) is 12.4. The maximum atomic E-state index is 13.8. The molecule has 10 heteroatoms. The minimum absolute atomic E-state index is 0.0167. The molecule has 6 nitrogen and oxygen atoms in total. The average Bonchev–Trinajstić information content (AvgIpc) is 3.38. The number of amides is 1. The van der Waals surface area contributed by atoms with Gasteiger partial charge in [-0.3, -0.25) is 9.69 Å². The number of nitrogens with zero attached hydrogens (tertiary/aromatic N) is 3. The van der Waals surface area contributed by atoms with Crippen LogP contribution in [-0.2, 0) is 6.18 Å². The van der Waals surface area contributed by atoms with Gasteiger partial charge in [0.2, 0.25) is 0 Å². The summed E-state index contributed by atoms with van der Waals surface area (Å²) in [6.07, 6.45) is 1.08. The number of anilines is 1. The lowest BCUT2D eigenvalue weighted by Crippen LogP contribution is -2.44. The highest BCUT2D eigenvalue weighted by Gasteiger charge is 2.38. The van der Waals surface area contributed by atoms with Crippen LogP contribution in [-0.4, -0.2) is 55.1 Å². The van der Waals surface area contributed by atoms with Gasteiger partial charge in [0, 0.05) is 55.6 Å². The van der Waals surface area contributed by atoms with Crippen molar-refractivity contribution in [1.82, 2.24) is 20.5 Å². The number of piperidine rings is 1. The van der Waals surface area contributed by atoms with Crippen molar-refractivity contribution in [3.63, 3.8) is 0 Å². The van der Waals surface area contributed by atoms with Crippen molar-refractivity contribution in [1.29, 1.82) is 0 Å². The van der Waals surface area contributed by atoms with E-state index in [0.29, 0.717) is 18.8 Å². The molecule has 1 aromatic heterocycles. The van der Waals surface area contributed by atoms with E-state index in [9.17, 15) is 22.4 Å². The highest BCUT2D eigenvalue weighted by Crippen LogP contribution is 2.39. The molecule has 2 saturated heterocycles. The van der Waals surface area contributed by atoms with Gasteiger partial charge in [-0.2, -0.15) is 13.2 Å². The number of carbonyl (C=O) groups is 1. The van der Waals surface area contributed by atoms with Crippen LogP contribution in [0.2, 0.25) is 0 Å². The second kappa shape index (κ2) is 9.81. The molecule has 37 heavy (non-hydrogen) atoms. The molecule has 2 fully saturated rings. The van der Waals surface area contributed by atoms with Gasteiger partial charge in [-0.15, -0.1) is 0 Å². The lowest BCUT2D eigenvalue weighted by atomic mass is 9.94. The van der Waals surface area contributed by atoms with Crippen LogP contribution in [0.15, 0.2) is 42.7 Å². The van der Waals surface area contributed by atoms with Crippen LogP contribution in [0.5, 0.6) is 0 Å². The third-order valence-electron chi connectivity index (χ3n) is 7.58. The number of alkyl halides is 3. The minimum Gasteiger partial charge on any atom is -0.370 e. The maximum absolute atomic E-state index is 13.8. The van der Waals surface area contributed by atoms with Crippen molar-refractivity contribution in [3.05, 3.63) is 70.9 Å². The van der Waals surface area contributed by atoms with Crippen LogP contribution >= 0.6 is 0 Å². The number of hydrogen-bond donors (Lipinski definition) is 2. The Morgan fingerprint density at radius 2 is 1.92 bits per heavy atom. The van der Waals surface area contributed by atoms with E-state index in [1.54, 1.807) is 11.0 Å². The van der Waals surface area contributed by atoms with Gasteiger partial charge in [0.05, 0.1) is 17.4 Å². The number of pyridine rings is 1. The zero-order chi connectivity index (χ0) is 26.3. The molecule has 1 aromatic carbocycles. The summed E-state index contributed by atoms with van der Waals surface area (Å²) in [6.45, 7) is 6.78. The number of carbonyl (C=O) groups excluding carboxylic acids is 1. The fraction of sp³-hybridized carbons (Fsp3) is 0.407. The smallest absolute Gasteiger partial charge is 0.370 e. The summed E-state index contributed by atoms with van der Waals surface area (Å²) in [6, 6.07) is 5.81. The first-order valence-corrected chi connectivity index (χ1v) is 12.4. The quantitative estimate of drug-likeness (QED) is 0.587. The molecule has 5 rings (SSSR count). The van der Waals surface area contributed by atoms with Crippen molar-refractivity contribution < 1.29 is 22.4 Å². The first kappa shape index (κ1) is 25.3. The summed E-state index contributed by atoms with van der Waals surface area (Å²) in [5.41, 5.74) is 2.40. The van der Waals surface area contributed by atoms with Crippen molar-refractivity contribution in [3.8, 4) is 0 Å². The summed E-state index contributed by atoms with van der Waals surface area (Å²) >= 11 is 0. The summed E-state index contributed by atoms with van der Waals surface area (Å²) < 4.78 is 55.0. The summed E-state index contributed by atoms with van der Waals surface area (Å²) in [4.78, 5) is 19.9. The molecule has 1 atom stereocenters. The molecule has 2 aromatic rings. The summed E-state index contributed by atoms with van der Waals surface area (Å²) in [5, 5.41) is 5.67. The van der Waals surface area contributed by atoms with Crippen molar-refractivity contribution >= 4 is 23.4 Å². The van der Waals surface area contributed by atoms with Crippen molar-refractivity contribution in [2.75, 3.05) is 38.1 Å². The van der Waals surface area contributed by atoms with Gasteiger partial charge in [0.15, 0.2) is 0 Å². The summed E-state index contributed by atoms with van der Waals surface area (Å²) in [5.74, 6) is -0.662. The molecule has 1 amide bonds. The van der Waals surface area contributed by atoms with E-state index in [0.717, 1.165) is 61.4 Å². The fourth-order valence-electron chi connectivity index (χ4n) is 5.60. The van der Waals surface area contributed by atoms with Gasteiger partial charge in [-0.05, 0) is 55.6 Å². The maximum Gasteiger partial charge on any atom is 0.418 e. The Morgan fingerprint density at radius 1 is 1.16 bits per heavy atom. The molecule has 3 aliphatic heterocycles. The van der Waals surface area contributed by atoms with Gasteiger partial charge >= 0.3 is 6.18 Å². The third kappa shape index (κ3) is 5.07. The van der Waals surface area contributed by atoms with Gasteiger partial charge < -0.3 is 15.5 Å². The van der Waals surface area contributed by atoms with Crippen LogP contribution in [0, 0.1) is 11.7 Å². The monoisotopic (exact) mass is 515 g/mol. The van der Waals surface area contributed by atoms with E-state index in [2.05, 4.69) is 33.2 Å². The normalized spacial score (nSPS) is 20.9. The first-order chi connectivity index (χ1) is 17.6. The number of hydrogen-bond acceptors (Lipinski definition) is 5. The molecular weight excluding hydrogens is 486 g/mol. The van der Waals surface area contributed by atoms with Gasteiger partial charge in [-0.1, -0.05) is 12.6 Å². The number of rotatable bonds is 4. The number of likely N-dealkylation sites (tertiary alicyclic amines) is 1. The number of fused-ring (bicyclic) bond motifs is 1. The van der Waals surface area contributed by atoms with Gasteiger partial charge in [-0.25, -0.2) is 9.37 Å². The van der Waals surface area contributed by atoms with E-state index in [1.165, 1.54) is 19.2 Å². The van der Waals surface area contributed by atoms with E-state index in [4.69, 9.17) is 0 Å². The molecule has 0 radical (unpaired) electrons. The van der Waals surface area contributed by atoms with Gasteiger partial charge in [0.25, 0.3) is 5.91 Å². The third-order valence-corrected chi connectivity index (χ3v) is 7.58. The fourth-order valence-corrected chi connectivity index (χ4v) is 5.60. The van der Waals surface area contributed by atoms with Crippen LogP contribution < -0.4 is 15.5 Å². The SMILES string of the molecule is C=C1NC(C2CCN(C3CCN(c4cnc(C(=O)NC)cc4C(F)(F)F)CC3)C2)=Cc2ccc(F)cc21. The van der Waals surface area contributed by atoms with E-state index in [-0.39, 0.29) is 29.2 Å². The standard InChI is InChI=1S/C27H29F4N5O/c1-16-21-12-19(28)4-3-17(21)11-23(34-16)18-5-8-36(15-18)20-6-9-35(10-7-20)25-14-33-24(26(37)32-2)13-22(25)27(29,30)31/h3-4,11-14,18,20,34H,1,5-10,15H2,2H3,(H,32,37). The Hall–Kier alpha value is -3.40. The van der Waals surface area contributed by atoms with Crippen LogP contribution in [0.3, 0.4) is 0 Å². The molecule has 3 aliphatic rings. The Morgan fingerprint density at radius 3 is 2.62 bits per heavy atom. The van der Waals surface area contributed by atoms with Gasteiger partial charge in [0.1, 0.15) is 11.5 Å².